The van der Waals surface area contributed by atoms with Crippen molar-refractivity contribution in [1.29, 1.82) is 0 Å². The fourth-order valence-electron chi connectivity index (χ4n) is 5.09. The molecule has 0 radical (unpaired) electrons. The summed E-state index contributed by atoms with van der Waals surface area (Å²) in [6.45, 7) is 2.53. The van der Waals surface area contributed by atoms with Crippen LogP contribution in [0.2, 0.25) is 0 Å². The second-order valence-electron chi connectivity index (χ2n) is 9.54. The van der Waals surface area contributed by atoms with Crippen molar-refractivity contribution in [3.8, 4) is 17.2 Å². The van der Waals surface area contributed by atoms with Crippen molar-refractivity contribution < 1.29 is 24.5 Å². The number of carbonyl (C=O) groups is 2. The van der Waals surface area contributed by atoms with Gasteiger partial charge in [-0.15, -0.1) is 0 Å². The highest BCUT2D eigenvalue weighted by molar-refractivity contribution is 5.96. The van der Waals surface area contributed by atoms with Gasteiger partial charge in [0.1, 0.15) is 12.4 Å². The summed E-state index contributed by atoms with van der Waals surface area (Å²) in [6.07, 6.45) is 4.32. The zero-order valence-electron chi connectivity index (χ0n) is 20.8. The molecule has 0 saturated carbocycles. The minimum Gasteiger partial charge on any atom is -0.504 e. The molecule has 1 aromatic heterocycles. The Labute approximate surface area is 215 Å². The number of imide groups is 1. The largest absolute Gasteiger partial charge is 0.504 e. The third kappa shape index (κ3) is 4.65. The number of benzene rings is 3. The van der Waals surface area contributed by atoms with Crippen molar-refractivity contribution in [2.24, 2.45) is 0 Å². The summed E-state index contributed by atoms with van der Waals surface area (Å²) in [6, 6.07) is 22.7. The van der Waals surface area contributed by atoms with Gasteiger partial charge in [0.25, 0.3) is 0 Å². The van der Waals surface area contributed by atoms with Crippen LogP contribution in [0.5, 0.6) is 17.2 Å². The fraction of sp³-hybridized carbons (Fsp3) is 0.267. The molecule has 7 heteroatoms. The Morgan fingerprint density at radius 2 is 1.51 bits per heavy atom. The second-order valence-corrected chi connectivity index (χ2v) is 9.54. The molecule has 1 unspecified atom stereocenters. The molecule has 190 valence electrons. The van der Waals surface area contributed by atoms with Gasteiger partial charge >= 0.3 is 0 Å². The van der Waals surface area contributed by atoms with Crippen LogP contribution in [0.3, 0.4) is 0 Å². The highest BCUT2D eigenvalue weighted by Crippen LogP contribution is 2.40. The van der Waals surface area contributed by atoms with Crippen LogP contribution < -0.4 is 4.74 Å². The van der Waals surface area contributed by atoms with Gasteiger partial charge in [-0.2, -0.15) is 0 Å². The minimum absolute atomic E-state index is 0.131. The number of fused-ring (bicyclic) bond motifs is 1. The molecule has 5 rings (SSSR count). The van der Waals surface area contributed by atoms with Crippen LogP contribution in [0.25, 0.3) is 10.9 Å². The quantitative estimate of drug-likeness (QED) is 0.271. The first-order valence-corrected chi connectivity index (χ1v) is 12.5. The molecular formula is C30H30N2O5. The van der Waals surface area contributed by atoms with E-state index in [4.69, 9.17) is 4.74 Å². The Kier molecular flexibility index (Phi) is 6.61. The monoisotopic (exact) mass is 498 g/mol. The number of aromatic hydroxyl groups is 2. The predicted molar refractivity (Wildman–Crippen MR) is 141 cm³/mol. The first-order chi connectivity index (χ1) is 17.9. The molecule has 2 heterocycles. The summed E-state index contributed by atoms with van der Waals surface area (Å²) < 4.78 is 8.04. The predicted octanol–water partition coefficient (Wildman–Crippen LogP) is 5.17. The summed E-state index contributed by atoms with van der Waals surface area (Å²) in [5.41, 5.74) is 2.07. The van der Waals surface area contributed by atoms with E-state index in [-0.39, 0.29) is 36.5 Å². The summed E-state index contributed by atoms with van der Waals surface area (Å²) in [7, 11) is 0. The van der Waals surface area contributed by atoms with E-state index in [0.717, 1.165) is 34.9 Å². The normalized spacial score (nSPS) is 16.0. The Morgan fingerprint density at radius 3 is 2.22 bits per heavy atom. The Bertz CT molecular complexity index is 1420. The average Bonchev–Trinajstić information content (AvgIpc) is 3.28. The van der Waals surface area contributed by atoms with Crippen LogP contribution in [-0.2, 0) is 15.1 Å². The molecule has 3 aromatic carbocycles. The maximum absolute atomic E-state index is 12.2. The molecule has 2 amide bonds. The zero-order valence-corrected chi connectivity index (χ0v) is 20.8. The van der Waals surface area contributed by atoms with Crippen LogP contribution in [0.1, 0.15) is 43.7 Å². The molecule has 0 aliphatic carbocycles. The van der Waals surface area contributed by atoms with E-state index in [2.05, 4.69) is 29.7 Å². The molecule has 37 heavy (non-hydrogen) atoms. The Balaban J connectivity index is 1.43. The van der Waals surface area contributed by atoms with E-state index in [1.54, 1.807) is 6.07 Å². The number of para-hydroxylation sites is 1. The van der Waals surface area contributed by atoms with Gasteiger partial charge in [-0.05, 0) is 72.7 Å². The highest BCUT2D eigenvalue weighted by atomic mass is 16.5. The number of ether oxygens (including phenoxy) is 1. The lowest BCUT2D eigenvalue weighted by Gasteiger charge is -2.34. The number of hydrogen-bond donors (Lipinski definition) is 2. The van der Waals surface area contributed by atoms with Crippen LogP contribution in [0, 0.1) is 0 Å². The van der Waals surface area contributed by atoms with Crippen LogP contribution in [-0.4, -0.2) is 44.6 Å². The van der Waals surface area contributed by atoms with E-state index in [0.29, 0.717) is 18.6 Å². The number of aromatic nitrogens is 1. The van der Waals surface area contributed by atoms with Crippen molar-refractivity contribution in [2.75, 3.05) is 13.2 Å². The van der Waals surface area contributed by atoms with Gasteiger partial charge in [-0.3, -0.25) is 14.5 Å². The first-order valence-electron chi connectivity index (χ1n) is 12.5. The van der Waals surface area contributed by atoms with E-state index in [9.17, 15) is 19.8 Å². The molecular weight excluding hydrogens is 468 g/mol. The maximum Gasteiger partial charge on any atom is 0.229 e. The number of rotatable bonds is 7. The number of likely N-dealkylation sites (tertiary alicyclic amines) is 1. The number of phenols is 2. The fourth-order valence-corrected chi connectivity index (χ4v) is 5.09. The van der Waals surface area contributed by atoms with Gasteiger partial charge < -0.3 is 19.5 Å². The number of nitrogens with zero attached hydrogens (tertiary/aromatic N) is 2. The smallest absolute Gasteiger partial charge is 0.229 e. The van der Waals surface area contributed by atoms with Gasteiger partial charge in [0.05, 0.1) is 12.1 Å². The Hall–Kier alpha value is -4.26. The summed E-state index contributed by atoms with van der Waals surface area (Å²) >= 11 is 0. The molecule has 1 fully saturated rings. The zero-order chi connectivity index (χ0) is 26.0. The minimum atomic E-state index is -0.711. The summed E-state index contributed by atoms with van der Waals surface area (Å²) in [4.78, 5) is 25.8. The van der Waals surface area contributed by atoms with Crippen molar-refractivity contribution in [2.45, 2.75) is 38.1 Å². The third-order valence-corrected chi connectivity index (χ3v) is 7.25. The lowest BCUT2D eigenvalue weighted by Crippen LogP contribution is -2.38. The topological polar surface area (TPSA) is 92.0 Å². The number of phenolic OH excluding ortho intramolecular Hbond substituents is 2. The lowest BCUT2D eigenvalue weighted by atomic mass is 9.83. The average molecular weight is 499 g/mol. The lowest BCUT2D eigenvalue weighted by molar-refractivity contribution is -0.144. The SMILES string of the molecule is CC(c1ccc(OCCN2C(=O)CCCCC2=O)cc1)(c1ccc(O)c(O)c1)n1ccc2ccccc21. The second kappa shape index (κ2) is 10.0. The van der Waals surface area contributed by atoms with Crippen molar-refractivity contribution in [3.05, 3.63) is 90.1 Å². The molecule has 0 spiro atoms. The van der Waals surface area contributed by atoms with Crippen LogP contribution in [0.15, 0.2) is 79.0 Å². The van der Waals surface area contributed by atoms with Crippen LogP contribution in [0.4, 0.5) is 0 Å². The number of amides is 2. The molecule has 1 atom stereocenters. The van der Waals surface area contributed by atoms with E-state index < -0.39 is 5.54 Å². The molecule has 0 bridgehead atoms. The van der Waals surface area contributed by atoms with Gasteiger partial charge in [-0.25, -0.2) is 0 Å². The van der Waals surface area contributed by atoms with E-state index in [1.165, 1.54) is 11.0 Å². The van der Waals surface area contributed by atoms with Gasteiger partial charge in [0.15, 0.2) is 11.5 Å². The summed E-state index contributed by atoms with van der Waals surface area (Å²) in [5, 5.41) is 21.3. The van der Waals surface area contributed by atoms with Crippen LogP contribution >= 0.6 is 0 Å². The van der Waals surface area contributed by atoms with Crippen molar-refractivity contribution in [3.63, 3.8) is 0 Å². The Morgan fingerprint density at radius 1 is 0.838 bits per heavy atom. The number of carbonyl (C=O) groups excluding carboxylic acids is 2. The van der Waals surface area contributed by atoms with E-state index >= 15 is 0 Å². The van der Waals surface area contributed by atoms with E-state index in [1.807, 2.05) is 48.7 Å². The molecule has 1 aliphatic heterocycles. The third-order valence-electron chi connectivity index (χ3n) is 7.25. The number of hydrogen-bond acceptors (Lipinski definition) is 5. The standard InChI is InChI=1S/C30H30N2O5/c1-30(23-12-15-26(33)27(34)20-23,32-17-16-21-6-2-3-7-25(21)32)22-10-13-24(14-11-22)37-19-18-31-28(35)8-4-5-9-29(31)36/h2-3,6-7,10-17,20,33-34H,4-5,8-9,18-19H2,1H3. The van der Waals surface area contributed by atoms with Crippen molar-refractivity contribution >= 4 is 22.7 Å². The van der Waals surface area contributed by atoms with Gasteiger partial charge in [-0.1, -0.05) is 36.4 Å². The highest BCUT2D eigenvalue weighted by Gasteiger charge is 2.33. The maximum atomic E-state index is 12.2. The van der Waals surface area contributed by atoms with Crippen molar-refractivity contribution in [1.82, 2.24) is 9.47 Å². The first kappa shape index (κ1) is 24.4. The van der Waals surface area contributed by atoms with Gasteiger partial charge in [0, 0.05) is 24.6 Å². The molecule has 1 saturated heterocycles. The van der Waals surface area contributed by atoms with Gasteiger partial charge in [0.2, 0.25) is 11.8 Å². The molecule has 7 nitrogen and oxygen atoms in total. The summed E-state index contributed by atoms with van der Waals surface area (Å²) in [5.74, 6) is 0.0136. The molecule has 4 aromatic rings. The molecule has 2 N–H and O–H groups in total. The molecule has 1 aliphatic rings.